The molecule has 0 saturated heterocycles. The van der Waals surface area contributed by atoms with Crippen molar-refractivity contribution in [1.82, 2.24) is 9.38 Å². The minimum Gasteiger partial charge on any atom is -0.477 e. The van der Waals surface area contributed by atoms with Gasteiger partial charge < -0.3 is 5.11 Å². The van der Waals surface area contributed by atoms with Crippen LogP contribution in [-0.4, -0.2) is 20.5 Å². The van der Waals surface area contributed by atoms with Gasteiger partial charge in [0.25, 0.3) is 0 Å². The molecule has 3 aromatic rings. The van der Waals surface area contributed by atoms with Crippen molar-refractivity contribution in [2.45, 2.75) is 13.3 Å². The van der Waals surface area contributed by atoms with E-state index in [9.17, 15) is 9.90 Å². The van der Waals surface area contributed by atoms with Gasteiger partial charge in [0.05, 0.1) is 5.69 Å². The molecule has 0 aliphatic carbocycles. The second-order valence-electron chi connectivity index (χ2n) is 4.95. The van der Waals surface area contributed by atoms with E-state index < -0.39 is 5.97 Å². The number of imidazole rings is 1. The van der Waals surface area contributed by atoms with Gasteiger partial charge in [0.1, 0.15) is 5.65 Å². The van der Waals surface area contributed by atoms with Crippen LogP contribution >= 0.6 is 11.6 Å². The number of nitrogens with zero attached hydrogens (tertiary/aromatic N) is 2. The number of aromatic carboxylic acids is 1. The first-order valence-electron chi connectivity index (χ1n) is 6.50. The highest BCUT2D eigenvalue weighted by molar-refractivity contribution is 6.30. The van der Waals surface area contributed by atoms with Gasteiger partial charge in [-0.1, -0.05) is 23.7 Å². The van der Waals surface area contributed by atoms with Crippen molar-refractivity contribution in [3.63, 3.8) is 0 Å². The minimum atomic E-state index is -0.977. The Hall–Kier alpha value is -2.33. The van der Waals surface area contributed by atoms with Gasteiger partial charge in [0.15, 0.2) is 5.69 Å². The van der Waals surface area contributed by atoms with Gasteiger partial charge in [-0.2, -0.15) is 0 Å². The minimum absolute atomic E-state index is 0.208. The number of halogens is 1. The second kappa shape index (κ2) is 5.22. The SMILES string of the molecule is Cc1ccn2c(C(=O)O)c(Cc3ccc(Cl)cc3)nc2c1. The standard InChI is InChI=1S/C16H13ClN2O2/c1-10-6-7-19-14(8-10)18-13(15(19)16(20)21)9-11-2-4-12(17)5-3-11/h2-8H,9H2,1H3,(H,20,21). The quantitative estimate of drug-likeness (QED) is 0.804. The Kier molecular flexibility index (Phi) is 3.39. The topological polar surface area (TPSA) is 54.6 Å². The smallest absolute Gasteiger partial charge is 0.354 e. The summed E-state index contributed by atoms with van der Waals surface area (Å²) in [6.07, 6.45) is 2.20. The summed E-state index contributed by atoms with van der Waals surface area (Å²) >= 11 is 5.86. The third-order valence-corrected chi connectivity index (χ3v) is 3.59. The van der Waals surface area contributed by atoms with Crippen LogP contribution in [0.4, 0.5) is 0 Å². The van der Waals surface area contributed by atoms with Gasteiger partial charge in [-0.25, -0.2) is 9.78 Å². The van der Waals surface area contributed by atoms with E-state index in [1.807, 2.05) is 31.2 Å². The fourth-order valence-electron chi connectivity index (χ4n) is 2.34. The van der Waals surface area contributed by atoms with E-state index in [0.717, 1.165) is 11.1 Å². The molecule has 1 N–H and O–H groups in total. The Morgan fingerprint density at radius 1 is 1.29 bits per heavy atom. The van der Waals surface area contributed by atoms with Crippen LogP contribution in [0.25, 0.3) is 5.65 Å². The average Bonchev–Trinajstić information content (AvgIpc) is 2.78. The van der Waals surface area contributed by atoms with Crippen molar-refractivity contribution < 1.29 is 9.90 Å². The number of carboxylic acids is 1. The van der Waals surface area contributed by atoms with E-state index in [4.69, 9.17) is 11.6 Å². The zero-order valence-corrected chi connectivity index (χ0v) is 12.1. The van der Waals surface area contributed by atoms with Crippen LogP contribution in [0, 0.1) is 6.92 Å². The first-order valence-corrected chi connectivity index (χ1v) is 6.88. The molecular weight excluding hydrogens is 288 g/mol. The summed E-state index contributed by atoms with van der Waals surface area (Å²) in [6.45, 7) is 1.95. The number of carboxylic acid groups (broad SMARTS) is 1. The molecule has 0 spiro atoms. The highest BCUT2D eigenvalue weighted by atomic mass is 35.5. The maximum absolute atomic E-state index is 11.5. The zero-order chi connectivity index (χ0) is 15.0. The molecule has 0 radical (unpaired) electrons. The number of aryl methyl sites for hydroxylation is 1. The maximum Gasteiger partial charge on any atom is 0.354 e. The molecule has 5 heteroatoms. The summed E-state index contributed by atoms with van der Waals surface area (Å²) in [5.41, 5.74) is 3.43. The highest BCUT2D eigenvalue weighted by Crippen LogP contribution is 2.19. The van der Waals surface area contributed by atoms with Crippen molar-refractivity contribution in [1.29, 1.82) is 0 Å². The van der Waals surface area contributed by atoms with Gasteiger partial charge in [0.2, 0.25) is 0 Å². The Bertz CT molecular complexity index is 822. The Morgan fingerprint density at radius 3 is 2.67 bits per heavy atom. The number of fused-ring (bicyclic) bond motifs is 1. The van der Waals surface area contributed by atoms with Crippen molar-refractivity contribution in [3.8, 4) is 0 Å². The van der Waals surface area contributed by atoms with Crippen LogP contribution < -0.4 is 0 Å². The fraction of sp³-hybridized carbons (Fsp3) is 0.125. The molecule has 0 bridgehead atoms. The molecule has 0 aliphatic rings. The summed E-state index contributed by atoms with van der Waals surface area (Å²) in [4.78, 5) is 16.0. The van der Waals surface area contributed by atoms with Crippen molar-refractivity contribution in [2.24, 2.45) is 0 Å². The van der Waals surface area contributed by atoms with Gasteiger partial charge in [-0.05, 0) is 42.3 Å². The molecule has 0 fully saturated rings. The van der Waals surface area contributed by atoms with Crippen molar-refractivity contribution in [2.75, 3.05) is 0 Å². The monoisotopic (exact) mass is 300 g/mol. The van der Waals surface area contributed by atoms with E-state index in [2.05, 4.69) is 4.98 Å². The molecular formula is C16H13ClN2O2. The van der Waals surface area contributed by atoms with Gasteiger partial charge in [0, 0.05) is 17.6 Å². The maximum atomic E-state index is 11.5. The summed E-state index contributed by atoms with van der Waals surface area (Å²) < 4.78 is 1.61. The lowest BCUT2D eigenvalue weighted by atomic mass is 10.1. The lowest BCUT2D eigenvalue weighted by molar-refractivity contribution is 0.0688. The summed E-state index contributed by atoms with van der Waals surface area (Å²) in [5, 5.41) is 10.1. The first-order chi connectivity index (χ1) is 10.0. The summed E-state index contributed by atoms with van der Waals surface area (Å²) in [5.74, 6) is -0.977. The van der Waals surface area contributed by atoms with E-state index in [1.54, 1.807) is 22.7 Å². The number of pyridine rings is 1. The van der Waals surface area contributed by atoms with Crippen molar-refractivity contribution in [3.05, 3.63) is 70.1 Å². The molecule has 0 saturated carbocycles. The lowest BCUT2D eigenvalue weighted by Crippen LogP contribution is -2.05. The number of aromatic nitrogens is 2. The van der Waals surface area contributed by atoms with Crippen LogP contribution in [0.15, 0.2) is 42.6 Å². The lowest BCUT2D eigenvalue weighted by Gasteiger charge is -2.01. The second-order valence-corrected chi connectivity index (χ2v) is 5.38. The molecule has 106 valence electrons. The van der Waals surface area contributed by atoms with Crippen LogP contribution in [0.5, 0.6) is 0 Å². The predicted octanol–water partition coefficient (Wildman–Crippen LogP) is 3.59. The van der Waals surface area contributed by atoms with Crippen LogP contribution in [0.1, 0.15) is 27.3 Å². The third kappa shape index (κ3) is 2.62. The molecule has 2 heterocycles. The largest absolute Gasteiger partial charge is 0.477 e. The van der Waals surface area contributed by atoms with E-state index in [-0.39, 0.29) is 5.69 Å². The fourth-order valence-corrected chi connectivity index (χ4v) is 2.47. The van der Waals surface area contributed by atoms with Gasteiger partial charge in [-0.15, -0.1) is 0 Å². The molecule has 0 unspecified atom stereocenters. The predicted molar refractivity (Wildman–Crippen MR) is 81.1 cm³/mol. The number of hydrogen-bond acceptors (Lipinski definition) is 2. The molecule has 21 heavy (non-hydrogen) atoms. The summed E-state index contributed by atoms with van der Waals surface area (Å²) in [7, 11) is 0. The molecule has 3 rings (SSSR count). The molecule has 0 atom stereocenters. The number of hydrogen-bond donors (Lipinski definition) is 1. The molecule has 0 aliphatic heterocycles. The molecule has 4 nitrogen and oxygen atoms in total. The third-order valence-electron chi connectivity index (χ3n) is 3.34. The van der Waals surface area contributed by atoms with E-state index in [0.29, 0.717) is 22.8 Å². The van der Waals surface area contributed by atoms with E-state index in [1.165, 1.54) is 0 Å². The molecule has 2 aromatic heterocycles. The zero-order valence-electron chi connectivity index (χ0n) is 11.4. The number of carbonyl (C=O) groups is 1. The van der Waals surface area contributed by atoms with Crippen LogP contribution in [0.2, 0.25) is 5.02 Å². The van der Waals surface area contributed by atoms with Crippen molar-refractivity contribution >= 4 is 23.2 Å². The Morgan fingerprint density at radius 2 is 2.00 bits per heavy atom. The highest BCUT2D eigenvalue weighted by Gasteiger charge is 2.18. The Balaban J connectivity index is 2.10. The normalized spacial score (nSPS) is 11.0. The van der Waals surface area contributed by atoms with Gasteiger partial charge >= 0.3 is 5.97 Å². The number of rotatable bonds is 3. The van der Waals surface area contributed by atoms with Gasteiger partial charge in [-0.3, -0.25) is 4.40 Å². The molecule has 0 amide bonds. The first kappa shape index (κ1) is 13.6. The Labute approximate surface area is 126 Å². The average molecular weight is 301 g/mol. The summed E-state index contributed by atoms with van der Waals surface area (Å²) in [6, 6.07) is 11.1. The molecule has 1 aromatic carbocycles. The van der Waals surface area contributed by atoms with Crippen LogP contribution in [0.3, 0.4) is 0 Å². The van der Waals surface area contributed by atoms with Crippen LogP contribution in [-0.2, 0) is 6.42 Å². The number of benzene rings is 1. The van der Waals surface area contributed by atoms with E-state index >= 15 is 0 Å².